The smallest absolute Gasteiger partial charge is 0.178 e. The quantitative estimate of drug-likeness (QED) is 0.768. The van der Waals surface area contributed by atoms with Crippen molar-refractivity contribution in [3.63, 3.8) is 0 Å². The Morgan fingerprint density at radius 2 is 2.15 bits per heavy atom. The van der Waals surface area contributed by atoms with Crippen molar-refractivity contribution in [2.75, 3.05) is 0 Å². The first-order valence-electron chi connectivity index (χ1n) is 6.66. The van der Waals surface area contributed by atoms with Crippen LogP contribution in [-0.4, -0.2) is 10.8 Å². The van der Waals surface area contributed by atoms with Gasteiger partial charge in [-0.2, -0.15) is 0 Å². The van der Waals surface area contributed by atoms with Crippen molar-refractivity contribution in [2.24, 2.45) is 0 Å². The molecular formula is C16H19NO2S. The van der Waals surface area contributed by atoms with Crippen molar-refractivity contribution in [3.05, 3.63) is 45.4 Å². The van der Waals surface area contributed by atoms with Gasteiger partial charge in [0.1, 0.15) is 23.1 Å². The number of carbonyl (C=O) groups is 1. The first kappa shape index (κ1) is 14.7. The Balaban J connectivity index is 2.13. The van der Waals surface area contributed by atoms with Gasteiger partial charge in [0.15, 0.2) is 5.78 Å². The average Bonchev–Trinajstić information content (AvgIpc) is 2.85. The van der Waals surface area contributed by atoms with Crippen molar-refractivity contribution >= 4 is 17.1 Å². The van der Waals surface area contributed by atoms with E-state index in [9.17, 15) is 4.79 Å². The number of thiazole rings is 1. The van der Waals surface area contributed by atoms with E-state index in [1.165, 1.54) is 29.4 Å². The van der Waals surface area contributed by atoms with Crippen LogP contribution in [0, 0.1) is 6.92 Å². The lowest BCUT2D eigenvalue weighted by molar-refractivity contribution is 0.101. The number of ketones is 1. The second-order valence-corrected chi connectivity index (χ2v) is 6.11. The molecule has 0 N–H and O–H groups in total. The number of carbonyl (C=O) groups excluding carboxylic acids is 1. The Morgan fingerprint density at radius 1 is 1.40 bits per heavy atom. The molecule has 0 spiro atoms. The molecule has 3 nitrogen and oxygen atoms in total. The number of aryl methyl sites for hydroxylation is 1. The van der Waals surface area contributed by atoms with Gasteiger partial charge in [0.25, 0.3) is 0 Å². The van der Waals surface area contributed by atoms with E-state index in [4.69, 9.17) is 4.74 Å². The standard InChI is InChI=1S/C16H19NO2S/c1-10(2)13-6-5-11(3)7-15(13)19-8-16-17-14(9-20-16)12(4)18/h5-7,9-10H,8H2,1-4H3. The van der Waals surface area contributed by atoms with Crippen molar-refractivity contribution < 1.29 is 9.53 Å². The van der Waals surface area contributed by atoms with Crippen LogP contribution in [0.2, 0.25) is 0 Å². The van der Waals surface area contributed by atoms with E-state index < -0.39 is 0 Å². The van der Waals surface area contributed by atoms with E-state index in [1.54, 1.807) is 5.38 Å². The zero-order valence-corrected chi connectivity index (χ0v) is 13.1. The highest BCUT2D eigenvalue weighted by Crippen LogP contribution is 2.28. The fourth-order valence-corrected chi connectivity index (χ4v) is 2.67. The molecule has 0 aliphatic rings. The molecule has 0 fully saturated rings. The van der Waals surface area contributed by atoms with Crippen LogP contribution in [0.3, 0.4) is 0 Å². The van der Waals surface area contributed by atoms with Gasteiger partial charge in [-0.3, -0.25) is 4.79 Å². The molecule has 20 heavy (non-hydrogen) atoms. The second kappa shape index (κ2) is 6.18. The number of nitrogens with zero attached hydrogens (tertiary/aromatic N) is 1. The Labute approximate surface area is 123 Å². The topological polar surface area (TPSA) is 39.2 Å². The summed E-state index contributed by atoms with van der Waals surface area (Å²) in [4.78, 5) is 15.5. The largest absolute Gasteiger partial charge is 0.486 e. The van der Waals surface area contributed by atoms with Crippen LogP contribution in [0.1, 0.15) is 53.3 Å². The SMILES string of the molecule is CC(=O)c1csc(COc2cc(C)ccc2C(C)C)n1. The van der Waals surface area contributed by atoms with Crippen LogP contribution in [-0.2, 0) is 6.61 Å². The Morgan fingerprint density at radius 3 is 2.75 bits per heavy atom. The molecule has 1 aromatic carbocycles. The maximum atomic E-state index is 11.2. The third-order valence-corrected chi connectivity index (χ3v) is 3.88. The summed E-state index contributed by atoms with van der Waals surface area (Å²) in [6.45, 7) is 8.27. The first-order chi connectivity index (χ1) is 9.47. The lowest BCUT2D eigenvalue weighted by Gasteiger charge is -2.14. The van der Waals surface area contributed by atoms with Crippen molar-refractivity contribution in [2.45, 2.75) is 40.2 Å². The van der Waals surface area contributed by atoms with Crippen LogP contribution in [0.15, 0.2) is 23.6 Å². The summed E-state index contributed by atoms with van der Waals surface area (Å²) in [5.41, 5.74) is 2.88. The van der Waals surface area contributed by atoms with Crippen molar-refractivity contribution in [3.8, 4) is 5.75 Å². The molecule has 0 bridgehead atoms. The maximum Gasteiger partial charge on any atom is 0.178 e. The molecule has 106 valence electrons. The van der Waals surface area contributed by atoms with Crippen LogP contribution >= 0.6 is 11.3 Å². The highest BCUT2D eigenvalue weighted by atomic mass is 32.1. The van der Waals surface area contributed by atoms with Crippen LogP contribution in [0.5, 0.6) is 5.75 Å². The molecule has 0 saturated carbocycles. The van der Waals surface area contributed by atoms with E-state index in [2.05, 4.69) is 37.0 Å². The molecule has 4 heteroatoms. The molecule has 0 aliphatic carbocycles. The summed E-state index contributed by atoms with van der Waals surface area (Å²) in [7, 11) is 0. The Hall–Kier alpha value is -1.68. The van der Waals surface area contributed by atoms with Gasteiger partial charge in [0, 0.05) is 12.3 Å². The fourth-order valence-electron chi connectivity index (χ4n) is 1.92. The highest BCUT2D eigenvalue weighted by Gasteiger charge is 2.10. The Kier molecular flexibility index (Phi) is 4.55. The van der Waals surface area contributed by atoms with E-state index >= 15 is 0 Å². The molecule has 0 saturated heterocycles. The average molecular weight is 289 g/mol. The van der Waals surface area contributed by atoms with E-state index in [1.807, 2.05) is 6.92 Å². The number of aromatic nitrogens is 1. The van der Waals surface area contributed by atoms with Gasteiger partial charge in [0.05, 0.1) is 0 Å². The molecule has 0 radical (unpaired) electrons. The van der Waals surface area contributed by atoms with Gasteiger partial charge >= 0.3 is 0 Å². The second-order valence-electron chi connectivity index (χ2n) is 5.17. The van der Waals surface area contributed by atoms with Gasteiger partial charge in [-0.25, -0.2) is 4.98 Å². The highest BCUT2D eigenvalue weighted by molar-refractivity contribution is 7.09. The maximum absolute atomic E-state index is 11.2. The minimum atomic E-state index is -0.00840. The minimum Gasteiger partial charge on any atom is -0.486 e. The van der Waals surface area contributed by atoms with Gasteiger partial charge in [-0.15, -0.1) is 11.3 Å². The van der Waals surface area contributed by atoms with Crippen molar-refractivity contribution in [1.29, 1.82) is 0 Å². The number of rotatable bonds is 5. The zero-order valence-electron chi connectivity index (χ0n) is 12.3. The Bertz CT molecular complexity index is 617. The molecule has 1 aromatic heterocycles. The number of benzene rings is 1. The number of Topliss-reactive ketones (excluding diaryl/α,β-unsaturated/α-hetero) is 1. The van der Waals surface area contributed by atoms with Gasteiger partial charge in [-0.05, 0) is 30.0 Å². The lowest BCUT2D eigenvalue weighted by Crippen LogP contribution is -2.01. The first-order valence-corrected chi connectivity index (χ1v) is 7.54. The molecule has 0 aliphatic heterocycles. The molecule has 1 heterocycles. The summed E-state index contributed by atoms with van der Waals surface area (Å²) in [5.74, 6) is 1.31. The predicted octanol–water partition coefficient (Wildman–Crippen LogP) is 4.36. The van der Waals surface area contributed by atoms with E-state index in [-0.39, 0.29) is 5.78 Å². The summed E-state index contributed by atoms with van der Waals surface area (Å²) in [6.07, 6.45) is 0. The number of ether oxygens (including phenoxy) is 1. The number of hydrogen-bond acceptors (Lipinski definition) is 4. The summed E-state index contributed by atoms with van der Waals surface area (Å²) in [5, 5.41) is 2.60. The third-order valence-electron chi connectivity index (χ3n) is 3.05. The summed E-state index contributed by atoms with van der Waals surface area (Å²) >= 11 is 1.46. The molecular weight excluding hydrogens is 270 g/mol. The zero-order chi connectivity index (χ0) is 14.7. The fraction of sp³-hybridized carbons (Fsp3) is 0.375. The van der Waals surface area contributed by atoms with Crippen molar-refractivity contribution in [1.82, 2.24) is 4.98 Å². The summed E-state index contributed by atoms with van der Waals surface area (Å²) < 4.78 is 5.90. The lowest BCUT2D eigenvalue weighted by atomic mass is 10.0. The van der Waals surface area contributed by atoms with Crippen LogP contribution in [0.4, 0.5) is 0 Å². The van der Waals surface area contributed by atoms with Crippen LogP contribution in [0.25, 0.3) is 0 Å². The molecule has 0 amide bonds. The van der Waals surface area contributed by atoms with Gasteiger partial charge < -0.3 is 4.74 Å². The molecule has 2 rings (SSSR count). The minimum absolute atomic E-state index is 0.00840. The van der Waals surface area contributed by atoms with E-state index in [0.717, 1.165) is 10.8 Å². The predicted molar refractivity (Wildman–Crippen MR) is 81.7 cm³/mol. The number of hydrogen-bond donors (Lipinski definition) is 0. The summed E-state index contributed by atoms with van der Waals surface area (Å²) in [6, 6.07) is 6.26. The molecule has 0 unspecified atom stereocenters. The van der Waals surface area contributed by atoms with Crippen LogP contribution < -0.4 is 4.74 Å². The molecule has 2 aromatic rings. The normalized spacial score (nSPS) is 10.8. The molecule has 0 atom stereocenters. The monoisotopic (exact) mass is 289 g/mol. The van der Waals surface area contributed by atoms with Gasteiger partial charge in [-0.1, -0.05) is 26.0 Å². The van der Waals surface area contributed by atoms with E-state index in [0.29, 0.717) is 18.2 Å². The van der Waals surface area contributed by atoms with Gasteiger partial charge in [0.2, 0.25) is 0 Å². The third kappa shape index (κ3) is 3.45.